The molecule has 5 nitrogen and oxygen atoms in total. The minimum atomic E-state index is -4.40. The Morgan fingerprint density at radius 2 is 1.67 bits per heavy atom. The smallest absolute Gasteiger partial charge is 0.305 e. The van der Waals surface area contributed by atoms with Crippen LogP contribution < -0.4 is 0 Å². The van der Waals surface area contributed by atoms with Crippen LogP contribution in [0.15, 0.2) is 59.8 Å². The molecular formula is C15H14N2O3S. The Labute approximate surface area is 122 Å². The van der Waals surface area contributed by atoms with Crippen molar-refractivity contribution in [3.05, 3.63) is 60.2 Å². The van der Waals surface area contributed by atoms with E-state index in [0.29, 0.717) is 11.0 Å². The third-order valence-corrected chi connectivity index (χ3v) is 4.21. The molecule has 0 amide bonds. The first-order valence-corrected chi connectivity index (χ1v) is 7.92. The molecule has 0 radical (unpaired) electrons. The van der Waals surface area contributed by atoms with E-state index >= 15 is 0 Å². The van der Waals surface area contributed by atoms with E-state index in [0.717, 1.165) is 5.56 Å². The van der Waals surface area contributed by atoms with Gasteiger partial charge in [-0.2, -0.15) is 8.42 Å². The van der Waals surface area contributed by atoms with Gasteiger partial charge in [0.1, 0.15) is 0 Å². The summed E-state index contributed by atoms with van der Waals surface area (Å²) in [7, 11) is -4.40. The Bertz CT molecular complexity index is 886. The fourth-order valence-corrected chi connectivity index (χ4v) is 3.18. The number of nitrogens with zero attached hydrogens (tertiary/aromatic N) is 2. The molecule has 0 unspecified atom stereocenters. The lowest BCUT2D eigenvalue weighted by Gasteiger charge is -2.16. The van der Waals surface area contributed by atoms with Crippen LogP contribution in [-0.4, -0.2) is 22.5 Å². The van der Waals surface area contributed by atoms with Gasteiger partial charge in [-0.3, -0.25) is 4.55 Å². The average Bonchev–Trinajstić information content (AvgIpc) is 2.87. The van der Waals surface area contributed by atoms with Crippen molar-refractivity contribution in [2.24, 2.45) is 0 Å². The lowest BCUT2D eigenvalue weighted by Crippen LogP contribution is -2.14. The summed E-state index contributed by atoms with van der Waals surface area (Å²) in [5.41, 5.74) is 2.14. The van der Waals surface area contributed by atoms with Gasteiger partial charge < -0.3 is 4.57 Å². The number of hydrogen-bond donors (Lipinski definition) is 1. The standard InChI is InChI=1S/C15H14N2O3S/c1-11(12-7-3-2-4-8-12)17-14-10-6-5-9-13(14)16-15(17)21(18,19)20/h2-11H,1H3,(H,18,19,20)/t11-/m1/s1. The number of fused-ring (bicyclic) bond motifs is 1. The largest absolute Gasteiger partial charge is 0.328 e. The summed E-state index contributed by atoms with van der Waals surface area (Å²) >= 11 is 0. The van der Waals surface area contributed by atoms with Gasteiger partial charge in [0, 0.05) is 0 Å². The molecule has 0 fully saturated rings. The van der Waals surface area contributed by atoms with Gasteiger partial charge in [0.2, 0.25) is 0 Å². The van der Waals surface area contributed by atoms with Crippen molar-refractivity contribution in [2.75, 3.05) is 0 Å². The maximum atomic E-state index is 11.6. The van der Waals surface area contributed by atoms with Gasteiger partial charge in [0.25, 0.3) is 5.16 Å². The molecule has 0 bridgehead atoms. The van der Waals surface area contributed by atoms with Crippen LogP contribution in [0, 0.1) is 0 Å². The molecule has 0 aliphatic rings. The molecule has 1 heterocycles. The number of aromatic nitrogens is 2. The fourth-order valence-electron chi connectivity index (χ4n) is 2.46. The summed E-state index contributed by atoms with van der Waals surface area (Å²) in [5, 5.41) is -0.333. The van der Waals surface area contributed by atoms with Gasteiger partial charge in [0.15, 0.2) is 0 Å². The van der Waals surface area contributed by atoms with Crippen LogP contribution in [0.3, 0.4) is 0 Å². The van der Waals surface area contributed by atoms with Gasteiger partial charge in [-0.25, -0.2) is 4.98 Å². The molecule has 3 aromatic rings. The summed E-state index contributed by atoms with van der Waals surface area (Å²) in [5.74, 6) is 0. The zero-order chi connectivity index (χ0) is 15.0. The number of benzene rings is 2. The van der Waals surface area contributed by atoms with Crippen molar-refractivity contribution in [1.29, 1.82) is 0 Å². The molecule has 0 aliphatic heterocycles. The van der Waals surface area contributed by atoms with Crippen molar-refractivity contribution >= 4 is 21.2 Å². The van der Waals surface area contributed by atoms with Gasteiger partial charge >= 0.3 is 10.1 Å². The summed E-state index contributed by atoms with van der Waals surface area (Å²) in [6.45, 7) is 1.87. The highest BCUT2D eigenvalue weighted by Crippen LogP contribution is 2.27. The molecule has 2 aromatic carbocycles. The van der Waals surface area contributed by atoms with Crippen LogP contribution in [0.5, 0.6) is 0 Å². The van der Waals surface area contributed by atoms with Crippen LogP contribution in [0.25, 0.3) is 11.0 Å². The predicted molar refractivity (Wildman–Crippen MR) is 79.8 cm³/mol. The minimum absolute atomic E-state index is 0.268. The van der Waals surface area contributed by atoms with E-state index in [1.54, 1.807) is 22.8 Å². The average molecular weight is 302 g/mol. The summed E-state index contributed by atoms with van der Waals surface area (Å²) in [4.78, 5) is 4.06. The molecule has 6 heteroatoms. The number of imidazole rings is 1. The van der Waals surface area contributed by atoms with E-state index in [2.05, 4.69) is 4.98 Å². The maximum Gasteiger partial charge on any atom is 0.328 e. The quantitative estimate of drug-likeness (QED) is 0.755. The molecule has 0 saturated carbocycles. The van der Waals surface area contributed by atoms with E-state index in [9.17, 15) is 13.0 Å². The second-order valence-electron chi connectivity index (χ2n) is 4.81. The monoisotopic (exact) mass is 302 g/mol. The molecule has 1 aromatic heterocycles. The molecule has 0 aliphatic carbocycles. The second kappa shape index (κ2) is 4.98. The zero-order valence-corrected chi connectivity index (χ0v) is 12.2. The minimum Gasteiger partial charge on any atom is -0.305 e. The molecule has 108 valence electrons. The zero-order valence-electron chi connectivity index (χ0n) is 11.3. The lowest BCUT2D eigenvalue weighted by atomic mass is 10.1. The molecular weight excluding hydrogens is 288 g/mol. The van der Waals surface area contributed by atoms with Gasteiger partial charge in [-0.15, -0.1) is 0 Å². The van der Waals surface area contributed by atoms with E-state index in [-0.39, 0.29) is 11.2 Å². The Balaban J connectivity index is 2.30. The molecule has 0 saturated heterocycles. The van der Waals surface area contributed by atoms with Crippen molar-refractivity contribution in [3.63, 3.8) is 0 Å². The lowest BCUT2D eigenvalue weighted by molar-refractivity contribution is 0.459. The first-order valence-electron chi connectivity index (χ1n) is 6.48. The summed E-state index contributed by atoms with van der Waals surface area (Å²) in [6.07, 6.45) is 0. The van der Waals surface area contributed by atoms with Crippen LogP contribution in [0.2, 0.25) is 0 Å². The Morgan fingerprint density at radius 3 is 2.33 bits per heavy atom. The third kappa shape index (κ3) is 2.43. The highest BCUT2D eigenvalue weighted by atomic mass is 32.2. The Hall–Kier alpha value is -2.18. The highest BCUT2D eigenvalue weighted by molar-refractivity contribution is 7.85. The SMILES string of the molecule is C[C@H](c1ccccc1)n1c(S(=O)(=O)O)nc2ccccc21. The van der Waals surface area contributed by atoms with Crippen molar-refractivity contribution in [3.8, 4) is 0 Å². The van der Waals surface area contributed by atoms with E-state index < -0.39 is 10.1 Å². The Morgan fingerprint density at radius 1 is 1.05 bits per heavy atom. The van der Waals surface area contributed by atoms with Crippen LogP contribution in [0.1, 0.15) is 18.5 Å². The van der Waals surface area contributed by atoms with E-state index in [1.165, 1.54) is 0 Å². The fraction of sp³-hybridized carbons (Fsp3) is 0.133. The number of rotatable bonds is 3. The first-order chi connectivity index (χ1) is 9.98. The van der Waals surface area contributed by atoms with Gasteiger partial charge in [0.05, 0.1) is 17.1 Å². The normalized spacial score (nSPS) is 13.4. The second-order valence-corrected chi connectivity index (χ2v) is 6.13. The van der Waals surface area contributed by atoms with E-state index in [1.807, 2.05) is 43.3 Å². The molecule has 3 rings (SSSR count). The van der Waals surface area contributed by atoms with Crippen LogP contribution >= 0.6 is 0 Å². The van der Waals surface area contributed by atoms with Crippen molar-refractivity contribution in [2.45, 2.75) is 18.1 Å². The summed E-state index contributed by atoms with van der Waals surface area (Å²) in [6, 6.07) is 16.3. The van der Waals surface area contributed by atoms with Crippen LogP contribution in [0.4, 0.5) is 0 Å². The first kappa shape index (κ1) is 13.8. The van der Waals surface area contributed by atoms with Crippen LogP contribution in [-0.2, 0) is 10.1 Å². The molecule has 21 heavy (non-hydrogen) atoms. The molecule has 1 atom stereocenters. The van der Waals surface area contributed by atoms with Gasteiger partial charge in [-0.05, 0) is 24.6 Å². The highest BCUT2D eigenvalue weighted by Gasteiger charge is 2.24. The third-order valence-electron chi connectivity index (χ3n) is 3.46. The Kier molecular flexibility index (Phi) is 3.27. The topological polar surface area (TPSA) is 72.2 Å². The maximum absolute atomic E-state index is 11.6. The molecule has 1 N–H and O–H groups in total. The number of hydrogen-bond acceptors (Lipinski definition) is 3. The van der Waals surface area contributed by atoms with Gasteiger partial charge in [-0.1, -0.05) is 42.5 Å². The van der Waals surface area contributed by atoms with E-state index in [4.69, 9.17) is 0 Å². The molecule has 0 spiro atoms. The number of para-hydroxylation sites is 2. The van der Waals surface area contributed by atoms with Crippen molar-refractivity contribution < 1.29 is 13.0 Å². The van der Waals surface area contributed by atoms with Crippen molar-refractivity contribution in [1.82, 2.24) is 9.55 Å². The predicted octanol–water partition coefficient (Wildman–Crippen LogP) is 2.89. The summed E-state index contributed by atoms with van der Waals surface area (Å²) < 4.78 is 34.3.